The van der Waals surface area contributed by atoms with E-state index in [1.54, 1.807) is 30.8 Å². The van der Waals surface area contributed by atoms with Gasteiger partial charge in [-0.05, 0) is 49.2 Å². The van der Waals surface area contributed by atoms with Crippen LogP contribution in [0.3, 0.4) is 0 Å². The van der Waals surface area contributed by atoms with Crippen molar-refractivity contribution in [1.29, 1.82) is 5.26 Å². The Morgan fingerprint density at radius 3 is 2.36 bits per heavy atom. The third kappa shape index (κ3) is 6.76. The fraction of sp³-hybridized carbons (Fsp3) is 0.345. The first kappa shape index (κ1) is 26.6. The molecule has 0 radical (unpaired) electrons. The van der Waals surface area contributed by atoms with E-state index >= 15 is 0 Å². The number of hydrogen-bond acceptors (Lipinski definition) is 4. The molecule has 0 fully saturated rings. The van der Waals surface area contributed by atoms with Gasteiger partial charge in [0.05, 0.1) is 18.0 Å². The fourth-order valence-corrected chi connectivity index (χ4v) is 3.94. The lowest BCUT2D eigenvalue weighted by molar-refractivity contribution is -0.112. The molecule has 0 atom stereocenters. The molecule has 0 saturated heterocycles. The Morgan fingerprint density at radius 2 is 1.69 bits per heavy atom. The zero-order chi connectivity index (χ0) is 25.9. The molecule has 3 rings (SSSR count). The highest BCUT2D eigenvalue weighted by Crippen LogP contribution is 2.18. The average molecular weight is 487 g/mol. The van der Waals surface area contributed by atoms with E-state index in [1.165, 1.54) is 42.9 Å². The normalized spacial score (nSPS) is 11.2. The van der Waals surface area contributed by atoms with Gasteiger partial charge in [-0.1, -0.05) is 69.4 Å². The number of unbranched alkanes of at least 4 members (excludes halogenated alkanes) is 5. The van der Waals surface area contributed by atoms with E-state index in [9.17, 15) is 14.9 Å². The zero-order valence-corrected chi connectivity index (χ0v) is 21.3. The number of ether oxygens (including phenoxy) is 1. The molecule has 188 valence electrons. The van der Waals surface area contributed by atoms with E-state index in [1.807, 2.05) is 48.5 Å². The molecule has 0 unspecified atom stereocenters. The summed E-state index contributed by atoms with van der Waals surface area (Å²) >= 11 is 0. The van der Waals surface area contributed by atoms with E-state index in [0.717, 1.165) is 12.2 Å². The highest BCUT2D eigenvalue weighted by molar-refractivity contribution is 6.09. The van der Waals surface area contributed by atoms with Crippen LogP contribution in [0.5, 0.6) is 5.75 Å². The zero-order valence-electron chi connectivity index (χ0n) is 21.3. The van der Waals surface area contributed by atoms with Gasteiger partial charge in [-0.15, -0.1) is 0 Å². The lowest BCUT2D eigenvalue weighted by Gasteiger charge is -2.07. The largest absolute Gasteiger partial charge is 0.494 e. The van der Waals surface area contributed by atoms with Gasteiger partial charge in [0.15, 0.2) is 0 Å². The van der Waals surface area contributed by atoms with Crippen molar-refractivity contribution < 1.29 is 9.53 Å². The number of nitriles is 1. The highest BCUT2D eigenvalue weighted by Gasteiger charge is 2.19. The Bertz CT molecular complexity index is 1280. The number of nitrogens with one attached hydrogen (secondary N) is 1. The van der Waals surface area contributed by atoms with Crippen LogP contribution in [0, 0.1) is 18.3 Å². The van der Waals surface area contributed by atoms with Gasteiger partial charge in [-0.3, -0.25) is 14.3 Å². The predicted octanol–water partition coefficient (Wildman–Crippen LogP) is 5.77. The molecule has 2 aromatic carbocycles. The second-order valence-corrected chi connectivity index (χ2v) is 8.75. The Hall–Kier alpha value is -4.05. The molecular formula is C29H34N4O3. The minimum absolute atomic E-state index is 0.0929. The Kier molecular flexibility index (Phi) is 9.70. The summed E-state index contributed by atoms with van der Waals surface area (Å²) in [7, 11) is 1.75. The summed E-state index contributed by atoms with van der Waals surface area (Å²) < 4.78 is 8.95. The molecule has 7 heteroatoms. The summed E-state index contributed by atoms with van der Waals surface area (Å²) in [5, 5.41) is 12.2. The van der Waals surface area contributed by atoms with E-state index in [-0.39, 0.29) is 16.8 Å². The van der Waals surface area contributed by atoms with Gasteiger partial charge in [-0.2, -0.15) is 5.26 Å². The highest BCUT2D eigenvalue weighted by atomic mass is 16.5. The lowest BCUT2D eigenvalue weighted by atomic mass is 10.1. The van der Waals surface area contributed by atoms with Crippen LogP contribution in [0.4, 0.5) is 5.69 Å². The fourth-order valence-electron chi connectivity index (χ4n) is 3.94. The molecule has 36 heavy (non-hydrogen) atoms. The smallest absolute Gasteiger partial charge is 0.295 e. The predicted molar refractivity (Wildman–Crippen MR) is 143 cm³/mol. The number of anilines is 1. The van der Waals surface area contributed by atoms with Gasteiger partial charge < -0.3 is 10.1 Å². The molecule has 1 N–H and O–H groups in total. The van der Waals surface area contributed by atoms with Gasteiger partial charge >= 0.3 is 0 Å². The molecule has 7 nitrogen and oxygen atoms in total. The third-order valence-electron chi connectivity index (χ3n) is 6.12. The van der Waals surface area contributed by atoms with Gasteiger partial charge in [0.25, 0.3) is 11.5 Å². The van der Waals surface area contributed by atoms with Crippen LogP contribution in [0.1, 0.15) is 56.7 Å². The van der Waals surface area contributed by atoms with Gasteiger partial charge in [0.1, 0.15) is 23.1 Å². The van der Waals surface area contributed by atoms with Crippen molar-refractivity contribution in [3.05, 3.63) is 81.8 Å². The minimum Gasteiger partial charge on any atom is -0.494 e. The number of aromatic nitrogens is 2. The Balaban J connectivity index is 1.65. The van der Waals surface area contributed by atoms with Crippen molar-refractivity contribution in [3.8, 4) is 17.5 Å². The molecule has 3 aromatic rings. The van der Waals surface area contributed by atoms with Crippen LogP contribution in [0.25, 0.3) is 11.8 Å². The van der Waals surface area contributed by atoms with Crippen molar-refractivity contribution in [2.24, 2.45) is 7.05 Å². The van der Waals surface area contributed by atoms with Crippen molar-refractivity contribution in [2.45, 2.75) is 52.4 Å². The topological polar surface area (TPSA) is 89.0 Å². The maximum absolute atomic E-state index is 13.0. The van der Waals surface area contributed by atoms with Crippen LogP contribution >= 0.6 is 0 Å². The number of hydrogen-bond donors (Lipinski definition) is 1. The number of benzene rings is 2. The summed E-state index contributed by atoms with van der Waals surface area (Å²) in [5.74, 6) is 0.122. The minimum atomic E-state index is -0.632. The quantitative estimate of drug-likeness (QED) is 0.200. The van der Waals surface area contributed by atoms with Gasteiger partial charge in [-0.25, -0.2) is 4.68 Å². The second kappa shape index (κ2) is 13.1. The maximum Gasteiger partial charge on any atom is 0.295 e. The third-order valence-corrected chi connectivity index (χ3v) is 6.12. The van der Waals surface area contributed by atoms with E-state index in [2.05, 4.69) is 12.2 Å². The number of amides is 1. The number of nitrogens with zero attached hydrogens (tertiary/aromatic N) is 3. The SMILES string of the molecule is CCCCCCCCOc1ccc(/C=C(\C#N)C(=O)Nc2c(C)n(C)n(-c3ccccc3)c2=O)cc1. The van der Waals surface area contributed by atoms with E-state index in [0.29, 0.717) is 23.6 Å². The van der Waals surface area contributed by atoms with Crippen molar-refractivity contribution in [3.63, 3.8) is 0 Å². The van der Waals surface area contributed by atoms with E-state index in [4.69, 9.17) is 4.74 Å². The first-order chi connectivity index (χ1) is 17.5. The van der Waals surface area contributed by atoms with Crippen LogP contribution < -0.4 is 15.6 Å². The molecule has 0 aliphatic heterocycles. The summed E-state index contributed by atoms with van der Waals surface area (Å²) in [6.07, 6.45) is 8.73. The van der Waals surface area contributed by atoms with Crippen LogP contribution in [-0.2, 0) is 11.8 Å². The molecule has 1 aromatic heterocycles. The summed E-state index contributed by atoms with van der Waals surface area (Å²) in [4.78, 5) is 25.9. The molecule has 0 saturated carbocycles. The van der Waals surface area contributed by atoms with Crippen LogP contribution in [-0.4, -0.2) is 21.9 Å². The van der Waals surface area contributed by atoms with Crippen molar-refractivity contribution in [1.82, 2.24) is 9.36 Å². The van der Waals surface area contributed by atoms with Crippen molar-refractivity contribution in [2.75, 3.05) is 11.9 Å². The first-order valence-corrected chi connectivity index (χ1v) is 12.5. The summed E-state index contributed by atoms with van der Waals surface area (Å²) in [6, 6.07) is 18.4. The molecule has 1 heterocycles. The van der Waals surface area contributed by atoms with Crippen LogP contribution in [0.15, 0.2) is 65.0 Å². The summed E-state index contributed by atoms with van der Waals surface area (Å²) in [6.45, 7) is 4.63. The first-order valence-electron chi connectivity index (χ1n) is 12.5. The Morgan fingerprint density at radius 1 is 1.03 bits per heavy atom. The van der Waals surface area contributed by atoms with Gasteiger partial charge in [0.2, 0.25) is 0 Å². The average Bonchev–Trinajstić information content (AvgIpc) is 3.10. The number of para-hydroxylation sites is 1. The number of rotatable bonds is 12. The standard InChI is InChI=1S/C29H34N4O3/c1-4-5-6-7-8-12-19-36-26-17-15-23(16-18-26)20-24(21-30)28(34)31-27-22(2)32(3)33(29(27)35)25-13-10-9-11-14-25/h9-11,13-18,20H,4-8,12,19H2,1-3H3,(H,31,34)/b24-20+. The summed E-state index contributed by atoms with van der Waals surface area (Å²) in [5.41, 5.74) is 1.65. The molecule has 1 amide bonds. The van der Waals surface area contributed by atoms with E-state index < -0.39 is 5.91 Å². The molecular weight excluding hydrogens is 452 g/mol. The Labute approximate surface area is 212 Å². The van der Waals surface area contributed by atoms with Crippen LogP contribution in [0.2, 0.25) is 0 Å². The monoisotopic (exact) mass is 486 g/mol. The number of carbonyl (C=O) groups excluding carboxylic acids is 1. The number of carbonyl (C=O) groups is 1. The lowest BCUT2D eigenvalue weighted by Crippen LogP contribution is -2.23. The molecule has 0 aliphatic carbocycles. The van der Waals surface area contributed by atoms with Gasteiger partial charge in [0, 0.05) is 7.05 Å². The second-order valence-electron chi connectivity index (χ2n) is 8.75. The molecule has 0 spiro atoms. The molecule has 0 aliphatic rings. The maximum atomic E-state index is 13.0. The van der Waals surface area contributed by atoms with Crippen molar-refractivity contribution >= 4 is 17.7 Å². The molecule has 0 bridgehead atoms.